The molecule has 0 spiro atoms. The van der Waals surface area contributed by atoms with Crippen LogP contribution < -0.4 is 0 Å². The fraction of sp³-hybridized carbons (Fsp3) is 0.939. The van der Waals surface area contributed by atoms with Crippen molar-refractivity contribution in [2.24, 2.45) is 56.7 Å². The molecule has 0 heteroatoms. The number of hydrogen-bond donors (Lipinski definition) is 0. The van der Waals surface area contributed by atoms with Crippen LogP contribution in [0.15, 0.2) is 11.1 Å². The Labute approximate surface area is 208 Å². The van der Waals surface area contributed by atoms with Gasteiger partial charge in [0.15, 0.2) is 0 Å². The number of allylic oxidation sites excluding steroid dienone is 2. The Morgan fingerprint density at radius 2 is 1.48 bits per heavy atom. The molecule has 4 aliphatic rings. The van der Waals surface area contributed by atoms with Gasteiger partial charge < -0.3 is 0 Å². The van der Waals surface area contributed by atoms with Gasteiger partial charge in [0.1, 0.15) is 0 Å². The Kier molecular flexibility index (Phi) is 6.36. The first kappa shape index (κ1) is 25.8. The van der Waals surface area contributed by atoms with Crippen molar-refractivity contribution < 1.29 is 0 Å². The highest BCUT2D eigenvalue weighted by molar-refractivity contribution is 5.38. The van der Waals surface area contributed by atoms with Crippen molar-refractivity contribution in [1.29, 1.82) is 0 Å². The summed E-state index contributed by atoms with van der Waals surface area (Å²) in [5, 5.41) is 0. The lowest BCUT2D eigenvalue weighted by Gasteiger charge is -2.62. The summed E-state index contributed by atoms with van der Waals surface area (Å²) in [7, 11) is 0. The molecule has 0 amide bonds. The van der Waals surface area contributed by atoms with E-state index < -0.39 is 0 Å². The molecule has 0 aromatic heterocycles. The molecular weight excluding hydrogens is 396 g/mol. The van der Waals surface area contributed by atoms with Crippen LogP contribution in [-0.2, 0) is 0 Å². The van der Waals surface area contributed by atoms with E-state index in [0.717, 1.165) is 29.6 Å². The zero-order valence-corrected chi connectivity index (χ0v) is 24.5. The largest absolute Gasteiger partial charge is 0.0642 e. The highest BCUT2D eigenvalue weighted by Crippen LogP contribution is 2.72. The summed E-state index contributed by atoms with van der Waals surface area (Å²) < 4.78 is 0. The minimum atomic E-state index is 0.442. The van der Waals surface area contributed by atoms with Crippen molar-refractivity contribution in [2.75, 3.05) is 0 Å². The summed E-state index contributed by atoms with van der Waals surface area (Å²) in [4.78, 5) is 0. The van der Waals surface area contributed by atoms with Crippen LogP contribution in [-0.4, -0.2) is 0 Å². The van der Waals surface area contributed by atoms with Gasteiger partial charge in [-0.2, -0.15) is 0 Å². The maximum absolute atomic E-state index is 2.74. The Balaban J connectivity index is 1.60. The second kappa shape index (κ2) is 8.13. The molecule has 8 atom stereocenters. The third-order valence-corrected chi connectivity index (χ3v) is 13.6. The molecule has 2 fully saturated rings. The minimum Gasteiger partial charge on any atom is -0.0642 e. The fourth-order valence-corrected chi connectivity index (χ4v) is 9.97. The summed E-state index contributed by atoms with van der Waals surface area (Å²) in [6, 6.07) is 0. The van der Waals surface area contributed by atoms with Crippen molar-refractivity contribution in [3.8, 4) is 0 Å². The van der Waals surface area contributed by atoms with Crippen molar-refractivity contribution >= 4 is 0 Å². The van der Waals surface area contributed by atoms with E-state index >= 15 is 0 Å². The van der Waals surface area contributed by atoms with Gasteiger partial charge >= 0.3 is 0 Å². The molecule has 4 rings (SSSR count). The molecule has 2 saturated carbocycles. The maximum Gasteiger partial charge on any atom is -0.00568 e. The molecule has 4 aliphatic carbocycles. The maximum atomic E-state index is 2.74. The zero-order chi connectivity index (χ0) is 24.6. The predicted molar refractivity (Wildman–Crippen MR) is 145 cm³/mol. The van der Waals surface area contributed by atoms with E-state index in [9.17, 15) is 0 Å². The van der Waals surface area contributed by atoms with Gasteiger partial charge in [0.2, 0.25) is 0 Å². The van der Waals surface area contributed by atoms with Gasteiger partial charge in [0, 0.05) is 0 Å². The SMILES string of the molecule is CC(CCC(C)C(C)(C)C)C1CC[C@@]2(C)C3=C(CC[C@]12C)[C@@]1(C)CC[C@H](C)C(C)(C)[C@@H]1CC3. The van der Waals surface area contributed by atoms with Gasteiger partial charge in [0.05, 0.1) is 0 Å². The molecule has 0 saturated heterocycles. The molecule has 0 nitrogen and oxygen atoms in total. The van der Waals surface area contributed by atoms with E-state index in [-0.39, 0.29) is 0 Å². The predicted octanol–water partition coefficient (Wildman–Crippen LogP) is 10.5. The average Bonchev–Trinajstić information content (AvgIpc) is 3.00. The van der Waals surface area contributed by atoms with E-state index in [4.69, 9.17) is 0 Å². The van der Waals surface area contributed by atoms with Crippen LogP contribution in [0.2, 0.25) is 0 Å². The third-order valence-electron chi connectivity index (χ3n) is 13.6. The Morgan fingerprint density at radius 3 is 2.12 bits per heavy atom. The van der Waals surface area contributed by atoms with Crippen LogP contribution in [0, 0.1) is 56.7 Å². The summed E-state index contributed by atoms with van der Waals surface area (Å²) in [5.74, 6) is 4.35. The van der Waals surface area contributed by atoms with E-state index in [1.807, 2.05) is 11.1 Å². The summed E-state index contributed by atoms with van der Waals surface area (Å²) >= 11 is 0. The van der Waals surface area contributed by atoms with Crippen LogP contribution in [0.3, 0.4) is 0 Å². The van der Waals surface area contributed by atoms with Crippen molar-refractivity contribution in [1.82, 2.24) is 0 Å². The van der Waals surface area contributed by atoms with Gasteiger partial charge in [-0.25, -0.2) is 0 Å². The highest BCUT2D eigenvalue weighted by atomic mass is 14.7. The monoisotopic (exact) mass is 454 g/mol. The molecular formula is C33H58. The van der Waals surface area contributed by atoms with Crippen LogP contribution in [0.5, 0.6) is 0 Å². The van der Waals surface area contributed by atoms with Crippen LogP contribution in [0.1, 0.15) is 140 Å². The van der Waals surface area contributed by atoms with E-state index in [1.54, 1.807) is 0 Å². The van der Waals surface area contributed by atoms with Crippen molar-refractivity contribution in [3.05, 3.63) is 11.1 Å². The van der Waals surface area contributed by atoms with Crippen molar-refractivity contribution in [2.45, 2.75) is 140 Å². The molecule has 190 valence electrons. The molecule has 0 bridgehead atoms. The molecule has 33 heavy (non-hydrogen) atoms. The summed E-state index contributed by atoms with van der Waals surface area (Å²) in [5.41, 5.74) is 6.31. The lowest BCUT2D eigenvalue weighted by atomic mass is 9.42. The molecule has 0 N–H and O–H groups in total. The van der Waals surface area contributed by atoms with E-state index in [0.29, 0.717) is 27.1 Å². The van der Waals surface area contributed by atoms with Gasteiger partial charge in [-0.3, -0.25) is 0 Å². The zero-order valence-electron chi connectivity index (χ0n) is 24.5. The summed E-state index contributed by atoms with van der Waals surface area (Å²) in [6.45, 7) is 28.3. The Morgan fingerprint density at radius 1 is 0.818 bits per heavy atom. The molecule has 0 aromatic carbocycles. The van der Waals surface area contributed by atoms with Crippen molar-refractivity contribution in [3.63, 3.8) is 0 Å². The molecule has 0 aromatic rings. The third kappa shape index (κ3) is 3.73. The second-order valence-corrected chi connectivity index (χ2v) is 15.9. The summed E-state index contributed by atoms with van der Waals surface area (Å²) in [6.07, 6.45) is 14.3. The smallest absolute Gasteiger partial charge is 0.00568 e. The topological polar surface area (TPSA) is 0 Å². The van der Waals surface area contributed by atoms with Gasteiger partial charge in [0.25, 0.3) is 0 Å². The van der Waals surface area contributed by atoms with Gasteiger partial charge in [-0.1, -0.05) is 93.7 Å². The molecule has 0 radical (unpaired) electrons. The van der Waals surface area contributed by atoms with Crippen LogP contribution in [0.4, 0.5) is 0 Å². The first-order chi connectivity index (χ1) is 15.1. The number of rotatable bonds is 4. The van der Waals surface area contributed by atoms with Gasteiger partial charge in [-0.05, 0) is 114 Å². The Bertz CT molecular complexity index is 776. The van der Waals surface area contributed by atoms with Crippen LogP contribution in [0.25, 0.3) is 0 Å². The quantitative estimate of drug-likeness (QED) is 0.370. The first-order valence-electron chi connectivity index (χ1n) is 14.8. The fourth-order valence-electron chi connectivity index (χ4n) is 9.97. The highest BCUT2D eigenvalue weighted by Gasteiger charge is 2.63. The van der Waals surface area contributed by atoms with Gasteiger partial charge in [-0.15, -0.1) is 0 Å². The molecule has 3 unspecified atom stereocenters. The average molecular weight is 455 g/mol. The normalized spacial score (nSPS) is 44.6. The molecule has 0 heterocycles. The minimum absolute atomic E-state index is 0.442. The standard InChI is InChI=1S/C33H58/c1-22(12-13-23(2)29(4,5)6)25-17-20-33(11)27-14-15-28-30(7,8)24(3)16-19-31(28,9)26(27)18-21-32(25,33)10/h22-25,28H,12-21H2,1-11H3/t22?,23?,24-,25?,28-,31+,32+,33-/m0/s1. The lowest BCUT2D eigenvalue weighted by Crippen LogP contribution is -2.53. The van der Waals surface area contributed by atoms with Crippen LogP contribution >= 0.6 is 0 Å². The number of fused-ring (bicyclic) bond motifs is 4. The number of hydrogen-bond acceptors (Lipinski definition) is 0. The van der Waals surface area contributed by atoms with E-state index in [1.165, 1.54) is 64.2 Å². The second-order valence-electron chi connectivity index (χ2n) is 15.9. The lowest BCUT2D eigenvalue weighted by molar-refractivity contribution is -0.0484. The first-order valence-corrected chi connectivity index (χ1v) is 14.8. The van der Waals surface area contributed by atoms with E-state index in [2.05, 4.69) is 76.2 Å². The molecule has 0 aliphatic heterocycles. The Hall–Kier alpha value is -0.260.